The molecule has 0 bridgehead atoms. The van der Waals surface area contributed by atoms with Crippen LogP contribution in [0.4, 0.5) is 0 Å². The third kappa shape index (κ3) is 5.19. The Hall–Kier alpha value is -1.80. The van der Waals surface area contributed by atoms with Gasteiger partial charge in [-0.05, 0) is 36.1 Å². The first kappa shape index (κ1) is 16.6. The van der Waals surface area contributed by atoms with Crippen LogP contribution in [0.1, 0.15) is 50.3 Å². The van der Waals surface area contributed by atoms with Crippen molar-refractivity contribution in [1.82, 2.24) is 5.32 Å². The number of benzene rings is 2. The molecule has 2 aromatic carbocycles. The average molecular weight is 297 g/mol. The van der Waals surface area contributed by atoms with Crippen molar-refractivity contribution in [3.05, 3.63) is 65.7 Å². The molecule has 0 heterocycles. The first-order valence-corrected chi connectivity index (χ1v) is 8.33. The van der Waals surface area contributed by atoms with Crippen molar-refractivity contribution in [2.24, 2.45) is 0 Å². The molecule has 2 rings (SSSR count). The van der Waals surface area contributed by atoms with Crippen LogP contribution in [0, 0.1) is 0 Å². The first-order chi connectivity index (χ1) is 10.8. The minimum atomic E-state index is 0.404. The van der Waals surface area contributed by atoms with Gasteiger partial charge in [-0.2, -0.15) is 0 Å². The van der Waals surface area contributed by atoms with E-state index in [1.807, 2.05) is 0 Å². The van der Waals surface area contributed by atoms with Gasteiger partial charge in [0, 0.05) is 12.6 Å². The molecule has 118 valence electrons. The van der Waals surface area contributed by atoms with Gasteiger partial charge in [-0.15, -0.1) is 0 Å². The van der Waals surface area contributed by atoms with Crippen molar-refractivity contribution >= 4 is 0 Å². The van der Waals surface area contributed by atoms with Crippen LogP contribution in [0.2, 0.25) is 0 Å². The number of unbranched alkanes of at least 4 members (excludes halogenated alkanes) is 1. The highest BCUT2D eigenvalue weighted by Crippen LogP contribution is 2.18. The van der Waals surface area contributed by atoms with Gasteiger partial charge in [0.1, 0.15) is 5.75 Å². The van der Waals surface area contributed by atoms with Gasteiger partial charge in [0.15, 0.2) is 0 Å². The van der Waals surface area contributed by atoms with Crippen molar-refractivity contribution in [2.75, 3.05) is 6.61 Å². The molecular formula is C20H27NO. The van der Waals surface area contributed by atoms with Crippen LogP contribution >= 0.6 is 0 Å². The maximum atomic E-state index is 5.70. The van der Waals surface area contributed by atoms with Gasteiger partial charge in [-0.1, -0.05) is 62.7 Å². The average Bonchev–Trinajstić information content (AvgIpc) is 2.58. The number of rotatable bonds is 9. The highest BCUT2D eigenvalue weighted by Gasteiger charge is 2.07. The van der Waals surface area contributed by atoms with Gasteiger partial charge in [0.25, 0.3) is 0 Å². The summed E-state index contributed by atoms with van der Waals surface area (Å²) in [7, 11) is 0. The van der Waals surface area contributed by atoms with Crippen LogP contribution in [-0.2, 0) is 6.54 Å². The molecule has 0 aliphatic carbocycles. The molecule has 2 nitrogen and oxygen atoms in total. The Balaban J connectivity index is 1.85. The molecule has 1 N–H and O–H groups in total. The SMILES string of the molecule is CCCCOc1ccc(CNC(CC)c2ccccc2)cc1. The summed E-state index contributed by atoms with van der Waals surface area (Å²) in [6.45, 7) is 6.08. The van der Waals surface area contributed by atoms with E-state index >= 15 is 0 Å². The largest absolute Gasteiger partial charge is 0.494 e. The van der Waals surface area contributed by atoms with Crippen molar-refractivity contribution in [1.29, 1.82) is 0 Å². The van der Waals surface area contributed by atoms with E-state index in [-0.39, 0.29) is 0 Å². The Labute approximate surface area is 134 Å². The fourth-order valence-electron chi connectivity index (χ4n) is 2.46. The monoisotopic (exact) mass is 297 g/mol. The second kappa shape index (κ2) is 9.26. The quantitative estimate of drug-likeness (QED) is 0.650. The molecule has 0 saturated carbocycles. The van der Waals surface area contributed by atoms with E-state index in [1.54, 1.807) is 0 Å². The van der Waals surface area contributed by atoms with E-state index in [9.17, 15) is 0 Å². The van der Waals surface area contributed by atoms with Gasteiger partial charge in [-0.25, -0.2) is 0 Å². The topological polar surface area (TPSA) is 21.3 Å². The van der Waals surface area contributed by atoms with E-state index in [0.717, 1.165) is 31.7 Å². The van der Waals surface area contributed by atoms with Crippen LogP contribution in [0.15, 0.2) is 54.6 Å². The molecule has 0 radical (unpaired) electrons. The molecule has 0 aromatic heterocycles. The van der Waals surface area contributed by atoms with E-state index in [1.165, 1.54) is 17.5 Å². The zero-order valence-electron chi connectivity index (χ0n) is 13.7. The summed E-state index contributed by atoms with van der Waals surface area (Å²) >= 11 is 0. The minimum Gasteiger partial charge on any atom is -0.494 e. The second-order valence-electron chi connectivity index (χ2n) is 5.60. The van der Waals surface area contributed by atoms with Crippen LogP contribution in [-0.4, -0.2) is 6.61 Å². The van der Waals surface area contributed by atoms with Crippen molar-refractivity contribution < 1.29 is 4.74 Å². The van der Waals surface area contributed by atoms with Crippen LogP contribution in [0.3, 0.4) is 0 Å². The summed E-state index contributed by atoms with van der Waals surface area (Å²) in [5, 5.41) is 3.63. The summed E-state index contributed by atoms with van der Waals surface area (Å²) in [4.78, 5) is 0. The Morgan fingerprint density at radius 1 is 0.955 bits per heavy atom. The lowest BCUT2D eigenvalue weighted by atomic mass is 10.0. The van der Waals surface area contributed by atoms with Crippen LogP contribution in [0.25, 0.3) is 0 Å². The Kier molecular flexibility index (Phi) is 6.98. The molecule has 1 atom stereocenters. The molecule has 2 aromatic rings. The lowest BCUT2D eigenvalue weighted by molar-refractivity contribution is 0.309. The minimum absolute atomic E-state index is 0.404. The fraction of sp³-hybridized carbons (Fsp3) is 0.400. The van der Waals surface area contributed by atoms with Crippen LogP contribution in [0.5, 0.6) is 5.75 Å². The normalized spacial score (nSPS) is 12.1. The summed E-state index contributed by atoms with van der Waals surface area (Å²) in [5.41, 5.74) is 2.64. The summed E-state index contributed by atoms with van der Waals surface area (Å²) in [5.74, 6) is 0.965. The zero-order chi connectivity index (χ0) is 15.6. The Morgan fingerprint density at radius 3 is 2.32 bits per heavy atom. The number of ether oxygens (including phenoxy) is 1. The molecule has 22 heavy (non-hydrogen) atoms. The number of nitrogens with one attached hydrogen (secondary N) is 1. The fourth-order valence-corrected chi connectivity index (χ4v) is 2.46. The molecule has 0 aliphatic rings. The van der Waals surface area contributed by atoms with Crippen LogP contribution < -0.4 is 10.1 Å². The lowest BCUT2D eigenvalue weighted by Crippen LogP contribution is -2.20. The molecule has 0 saturated heterocycles. The first-order valence-electron chi connectivity index (χ1n) is 8.33. The highest BCUT2D eigenvalue weighted by atomic mass is 16.5. The van der Waals surface area contributed by atoms with Gasteiger partial charge in [0.2, 0.25) is 0 Å². The predicted molar refractivity (Wildman–Crippen MR) is 93.2 cm³/mol. The van der Waals surface area contributed by atoms with Crippen molar-refractivity contribution in [2.45, 2.75) is 45.7 Å². The van der Waals surface area contributed by atoms with Crippen molar-refractivity contribution in [3.8, 4) is 5.75 Å². The number of hydrogen-bond acceptors (Lipinski definition) is 2. The molecule has 0 fully saturated rings. The highest BCUT2D eigenvalue weighted by molar-refractivity contribution is 5.27. The Bertz CT molecular complexity index is 521. The van der Waals surface area contributed by atoms with E-state index in [4.69, 9.17) is 4.74 Å². The van der Waals surface area contributed by atoms with Gasteiger partial charge in [0.05, 0.1) is 6.61 Å². The summed E-state index contributed by atoms with van der Waals surface area (Å²) in [6.07, 6.45) is 3.36. The van der Waals surface area contributed by atoms with Crippen molar-refractivity contribution in [3.63, 3.8) is 0 Å². The summed E-state index contributed by atoms with van der Waals surface area (Å²) < 4.78 is 5.70. The molecule has 0 spiro atoms. The smallest absolute Gasteiger partial charge is 0.119 e. The standard InChI is InChI=1S/C20H27NO/c1-3-5-15-22-19-13-11-17(12-14-19)16-21-20(4-2)18-9-7-6-8-10-18/h6-14,20-21H,3-5,15-16H2,1-2H3. The maximum Gasteiger partial charge on any atom is 0.119 e. The third-order valence-corrected chi connectivity index (χ3v) is 3.85. The molecular weight excluding hydrogens is 270 g/mol. The second-order valence-corrected chi connectivity index (χ2v) is 5.60. The third-order valence-electron chi connectivity index (χ3n) is 3.85. The predicted octanol–water partition coefficient (Wildman–Crippen LogP) is 5.11. The lowest BCUT2D eigenvalue weighted by Gasteiger charge is -2.17. The van der Waals surface area contributed by atoms with Gasteiger partial charge >= 0.3 is 0 Å². The molecule has 1 unspecified atom stereocenters. The van der Waals surface area contributed by atoms with E-state index in [2.05, 4.69) is 73.8 Å². The molecule has 2 heteroatoms. The zero-order valence-corrected chi connectivity index (χ0v) is 13.7. The van der Waals surface area contributed by atoms with E-state index in [0.29, 0.717) is 6.04 Å². The van der Waals surface area contributed by atoms with Gasteiger partial charge < -0.3 is 10.1 Å². The number of hydrogen-bond donors (Lipinski definition) is 1. The Morgan fingerprint density at radius 2 is 1.68 bits per heavy atom. The van der Waals surface area contributed by atoms with E-state index < -0.39 is 0 Å². The molecule has 0 amide bonds. The maximum absolute atomic E-state index is 5.70. The summed E-state index contributed by atoms with van der Waals surface area (Å²) in [6, 6.07) is 19.5. The van der Waals surface area contributed by atoms with Gasteiger partial charge in [-0.3, -0.25) is 0 Å². The molecule has 0 aliphatic heterocycles.